The second-order valence-corrected chi connectivity index (χ2v) is 7.82. The predicted octanol–water partition coefficient (Wildman–Crippen LogP) is 3.46. The quantitative estimate of drug-likeness (QED) is 0.647. The van der Waals surface area contributed by atoms with Crippen molar-refractivity contribution in [1.29, 1.82) is 0 Å². The Hall–Kier alpha value is -3.20. The van der Waals surface area contributed by atoms with Crippen molar-refractivity contribution in [2.45, 2.75) is 32.7 Å². The molecular weight excluding hydrogens is 386 g/mol. The van der Waals surface area contributed by atoms with Gasteiger partial charge in [0.2, 0.25) is 5.91 Å². The van der Waals surface area contributed by atoms with Gasteiger partial charge in [0.15, 0.2) is 0 Å². The molecule has 1 aliphatic rings. The summed E-state index contributed by atoms with van der Waals surface area (Å²) in [5.74, 6) is 1.86. The Morgan fingerprint density at radius 1 is 1.24 bits per heavy atom. The summed E-state index contributed by atoms with van der Waals surface area (Å²) in [5, 5.41) is 6.08. The standard InChI is InChI=1S/C20H21N7OS/c1-13-23-16(10-18(24-13)26-19-11-21-7-8-22-19)17-4-3-9-27(17)20(28)6-5-15-12-29-14(2)25-15/h5-8,10-12,17H,3-4,9H2,1-2H3,(H,22,23,24,26)/b6-5+/t17-/m1/s1. The zero-order chi connectivity index (χ0) is 20.2. The number of anilines is 2. The van der Waals surface area contributed by atoms with E-state index in [1.54, 1.807) is 42.1 Å². The van der Waals surface area contributed by atoms with Gasteiger partial charge in [-0.25, -0.2) is 19.9 Å². The molecule has 0 spiro atoms. The number of hydrogen-bond acceptors (Lipinski definition) is 8. The predicted molar refractivity (Wildman–Crippen MR) is 112 cm³/mol. The summed E-state index contributed by atoms with van der Waals surface area (Å²) >= 11 is 1.57. The van der Waals surface area contributed by atoms with E-state index < -0.39 is 0 Å². The van der Waals surface area contributed by atoms with Gasteiger partial charge in [-0.3, -0.25) is 9.78 Å². The third-order valence-electron chi connectivity index (χ3n) is 4.59. The molecule has 0 bridgehead atoms. The number of nitrogens with zero attached hydrogens (tertiary/aromatic N) is 6. The number of aromatic nitrogens is 5. The first kappa shape index (κ1) is 19.1. The first-order valence-electron chi connectivity index (χ1n) is 9.38. The summed E-state index contributed by atoms with van der Waals surface area (Å²) in [4.78, 5) is 36.3. The molecule has 1 aliphatic heterocycles. The van der Waals surface area contributed by atoms with E-state index >= 15 is 0 Å². The van der Waals surface area contributed by atoms with Gasteiger partial charge in [-0.1, -0.05) is 0 Å². The third kappa shape index (κ3) is 4.62. The van der Waals surface area contributed by atoms with E-state index in [1.165, 1.54) is 0 Å². The van der Waals surface area contributed by atoms with Gasteiger partial charge >= 0.3 is 0 Å². The normalized spacial score (nSPS) is 16.5. The van der Waals surface area contributed by atoms with Gasteiger partial charge in [0.25, 0.3) is 0 Å². The number of thiazole rings is 1. The highest BCUT2D eigenvalue weighted by Crippen LogP contribution is 2.32. The molecule has 1 amide bonds. The lowest BCUT2D eigenvalue weighted by molar-refractivity contribution is -0.126. The third-order valence-corrected chi connectivity index (χ3v) is 5.38. The highest BCUT2D eigenvalue weighted by molar-refractivity contribution is 7.09. The number of likely N-dealkylation sites (tertiary alicyclic amines) is 1. The molecule has 3 aromatic heterocycles. The van der Waals surface area contributed by atoms with Crippen molar-refractivity contribution in [1.82, 2.24) is 29.8 Å². The van der Waals surface area contributed by atoms with E-state index in [9.17, 15) is 4.79 Å². The second-order valence-electron chi connectivity index (χ2n) is 6.76. The maximum Gasteiger partial charge on any atom is 0.247 e. The molecule has 8 nitrogen and oxygen atoms in total. The Balaban J connectivity index is 1.53. The number of rotatable bonds is 5. The van der Waals surface area contributed by atoms with Crippen LogP contribution in [0.15, 0.2) is 36.1 Å². The van der Waals surface area contributed by atoms with Crippen LogP contribution in [0, 0.1) is 13.8 Å². The summed E-state index contributed by atoms with van der Waals surface area (Å²) in [6, 6.07) is 1.80. The lowest BCUT2D eigenvalue weighted by atomic mass is 10.1. The number of aryl methyl sites for hydroxylation is 2. The molecular formula is C20H21N7OS. The van der Waals surface area contributed by atoms with Crippen LogP contribution < -0.4 is 5.32 Å². The summed E-state index contributed by atoms with van der Waals surface area (Å²) in [7, 11) is 0. The van der Waals surface area contributed by atoms with Crippen molar-refractivity contribution in [3.63, 3.8) is 0 Å². The zero-order valence-corrected chi connectivity index (χ0v) is 17.1. The fraction of sp³-hybridized carbons (Fsp3) is 0.300. The second kappa shape index (κ2) is 8.44. The lowest BCUT2D eigenvalue weighted by Gasteiger charge is -2.23. The molecule has 0 unspecified atom stereocenters. The van der Waals surface area contributed by atoms with Crippen LogP contribution in [0.4, 0.5) is 11.6 Å². The molecule has 0 radical (unpaired) electrons. The molecule has 0 aromatic carbocycles. The van der Waals surface area contributed by atoms with Crippen LogP contribution in [0.2, 0.25) is 0 Å². The summed E-state index contributed by atoms with van der Waals surface area (Å²) < 4.78 is 0. The average Bonchev–Trinajstić information content (AvgIpc) is 3.35. The van der Waals surface area contributed by atoms with Crippen LogP contribution in [0.25, 0.3) is 6.08 Å². The van der Waals surface area contributed by atoms with Crippen molar-refractivity contribution < 1.29 is 4.79 Å². The van der Waals surface area contributed by atoms with E-state index in [0.29, 0.717) is 24.0 Å². The molecule has 4 heterocycles. The van der Waals surface area contributed by atoms with Crippen LogP contribution in [0.1, 0.15) is 41.1 Å². The average molecular weight is 408 g/mol. The van der Waals surface area contributed by atoms with Crippen LogP contribution >= 0.6 is 11.3 Å². The molecule has 1 fully saturated rings. The van der Waals surface area contributed by atoms with Gasteiger partial charge in [-0.05, 0) is 32.8 Å². The van der Waals surface area contributed by atoms with Gasteiger partial charge < -0.3 is 10.2 Å². The Morgan fingerprint density at radius 3 is 2.90 bits per heavy atom. The van der Waals surface area contributed by atoms with E-state index in [4.69, 9.17) is 0 Å². The van der Waals surface area contributed by atoms with Gasteiger partial charge in [-0.15, -0.1) is 11.3 Å². The van der Waals surface area contributed by atoms with E-state index in [0.717, 1.165) is 29.2 Å². The van der Waals surface area contributed by atoms with Crippen molar-refractivity contribution in [3.05, 3.63) is 58.3 Å². The smallest absolute Gasteiger partial charge is 0.247 e. The van der Waals surface area contributed by atoms with Gasteiger partial charge in [0.1, 0.15) is 17.5 Å². The Labute approximate surface area is 172 Å². The SMILES string of the molecule is Cc1nc(Nc2cnccn2)cc([C@H]2CCCN2C(=O)/C=C/c2csc(C)n2)n1. The van der Waals surface area contributed by atoms with Crippen LogP contribution in [-0.4, -0.2) is 42.3 Å². The summed E-state index contributed by atoms with van der Waals surface area (Å²) in [6.45, 7) is 4.50. The molecule has 148 valence electrons. The summed E-state index contributed by atoms with van der Waals surface area (Å²) in [6.07, 6.45) is 10.0. The molecule has 9 heteroatoms. The van der Waals surface area contributed by atoms with Crippen molar-refractivity contribution in [3.8, 4) is 0 Å². The number of hydrogen-bond donors (Lipinski definition) is 1. The van der Waals surface area contributed by atoms with Crippen molar-refractivity contribution in [2.24, 2.45) is 0 Å². The van der Waals surface area contributed by atoms with Crippen LogP contribution in [0.5, 0.6) is 0 Å². The van der Waals surface area contributed by atoms with Crippen molar-refractivity contribution >= 4 is 35.0 Å². The molecule has 4 rings (SSSR count). The number of nitrogens with one attached hydrogen (secondary N) is 1. The minimum atomic E-state index is -0.0755. The Kier molecular flexibility index (Phi) is 5.57. The molecule has 0 aliphatic carbocycles. The van der Waals surface area contributed by atoms with Crippen LogP contribution in [0.3, 0.4) is 0 Å². The van der Waals surface area contributed by atoms with Crippen LogP contribution in [-0.2, 0) is 4.79 Å². The molecule has 0 saturated carbocycles. The van der Waals surface area contributed by atoms with Gasteiger partial charge in [-0.2, -0.15) is 0 Å². The first-order valence-corrected chi connectivity index (χ1v) is 10.3. The summed E-state index contributed by atoms with van der Waals surface area (Å²) in [5.41, 5.74) is 1.64. The minimum absolute atomic E-state index is 0.0298. The highest BCUT2D eigenvalue weighted by atomic mass is 32.1. The first-order chi connectivity index (χ1) is 14.1. The van der Waals surface area contributed by atoms with Gasteiger partial charge in [0, 0.05) is 36.5 Å². The molecule has 1 N–H and O–H groups in total. The molecule has 1 atom stereocenters. The largest absolute Gasteiger partial charge is 0.331 e. The van der Waals surface area contributed by atoms with E-state index in [-0.39, 0.29) is 11.9 Å². The Morgan fingerprint density at radius 2 is 2.14 bits per heavy atom. The molecule has 3 aromatic rings. The lowest BCUT2D eigenvalue weighted by Crippen LogP contribution is -2.29. The van der Waals surface area contributed by atoms with Crippen molar-refractivity contribution in [2.75, 3.05) is 11.9 Å². The van der Waals surface area contributed by atoms with E-state index in [1.807, 2.05) is 30.2 Å². The fourth-order valence-corrected chi connectivity index (χ4v) is 3.95. The molecule has 29 heavy (non-hydrogen) atoms. The zero-order valence-electron chi connectivity index (χ0n) is 16.2. The topological polar surface area (TPSA) is 96.8 Å². The Bertz CT molecular complexity index is 1030. The highest BCUT2D eigenvalue weighted by Gasteiger charge is 2.30. The number of amides is 1. The maximum atomic E-state index is 12.8. The monoisotopic (exact) mass is 407 g/mol. The minimum Gasteiger partial charge on any atom is -0.331 e. The van der Waals surface area contributed by atoms with Gasteiger partial charge in [0.05, 0.1) is 28.6 Å². The maximum absolute atomic E-state index is 12.8. The number of carbonyl (C=O) groups excluding carboxylic acids is 1. The van der Waals surface area contributed by atoms with E-state index in [2.05, 4.69) is 30.2 Å². The fourth-order valence-electron chi connectivity index (χ4n) is 3.37. The molecule has 1 saturated heterocycles. The number of carbonyl (C=O) groups is 1.